The predicted molar refractivity (Wildman–Crippen MR) is 135 cm³/mol. The number of hydrogen-bond acceptors (Lipinski definition) is 5. The van der Waals surface area contributed by atoms with Crippen LogP contribution in [0.15, 0.2) is 36.7 Å². The third kappa shape index (κ3) is 4.80. The largest absolute Gasteiger partial charge is 0.441 e. The van der Waals surface area contributed by atoms with Gasteiger partial charge >= 0.3 is 6.09 Å². The van der Waals surface area contributed by atoms with Crippen molar-refractivity contribution in [2.45, 2.75) is 59.0 Å². The average Bonchev–Trinajstić information content (AvgIpc) is 3.11. The van der Waals surface area contributed by atoms with E-state index in [0.29, 0.717) is 29.2 Å². The Balaban J connectivity index is 1.72. The van der Waals surface area contributed by atoms with E-state index in [0.717, 1.165) is 36.9 Å². The van der Waals surface area contributed by atoms with Gasteiger partial charge in [-0.2, -0.15) is 0 Å². The van der Waals surface area contributed by atoms with Crippen LogP contribution in [0.3, 0.4) is 0 Å². The highest BCUT2D eigenvalue weighted by Gasteiger charge is 2.45. The van der Waals surface area contributed by atoms with Crippen LogP contribution < -0.4 is 10.2 Å². The molecule has 6 nitrogen and oxygen atoms in total. The molecule has 4 rings (SSSR count). The summed E-state index contributed by atoms with van der Waals surface area (Å²) in [7, 11) is 0. The second-order valence-corrected chi connectivity index (χ2v) is 9.83. The molecule has 1 aliphatic rings. The predicted octanol–water partition coefficient (Wildman–Crippen LogP) is 7.41. The molecule has 3 aromatic rings. The molecule has 34 heavy (non-hydrogen) atoms. The van der Waals surface area contributed by atoms with Crippen molar-refractivity contribution >= 4 is 45.8 Å². The summed E-state index contributed by atoms with van der Waals surface area (Å²) in [5, 5.41) is 3.72. The first-order valence-corrected chi connectivity index (χ1v) is 12.1. The summed E-state index contributed by atoms with van der Waals surface area (Å²) in [4.78, 5) is 23.5. The van der Waals surface area contributed by atoms with Crippen LogP contribution in [0.1, 0.15) is 52.0 Å². The number of aromatic nitrogens is 2. The van der Waals surface area contributed by atoms with Crippen molar-refractivity contribution in [3.63, 3.8) is 0 Å². The highest BCUT2D eigenvalue weighted by molar-refractivity contribution is 6.31. The summed E-state index contributed by atoms with van der Waals surface area (Å²) in [6, 6.07) is 8.53. The van der Waals surface area contributed by atoms with Crippen molar-refractivity contribution in [1.82, 2.24) is 9.97 Å². The minimum atomic E-state index is -0.555. The Morgan fingerprint density at radius 1 is 1.26 bits per heavy atom. The van der Waals surface area contributed by atoms with Gasteiger partial charge in [-0.25, -0.2) is 19.2 Å². The van der Waals surface area contributed by atoms with Crippen molar-refractivity contribution in [2.75, 3.05) is 16.8 Å². The van der Waals surface area contributed by atoms with Crippen molar-refractivity contribution in [3.05, 3.63) is 53.1 Å². The summed E-state index contributed by atoms with van der Waals surface area (Å²) in [6.07, 6.45) is 4.66. The van der Waals surface area contributed by atoms with Gasteiger partial charge in [0.1, 0.15) is 17.7 Å². The first-order valence-electron chi connectivity index (χ1n) is 11.7. The molecule has 0 saturated carbocycles. The minimum Gasteiger partial charge on any atom is -0.441 e. The van der Waals surface area contributed by atoms with E-state index < -0.39 is 11.4 Å². The average molecular weight is 485 g/mol. The molecule has 180 valence electrons. The Bertz CT molecular complexity index is 1220. The molecule has 1 N–H and O–H groups in total. The fraction of sp³-hybridized carbons (Fsp3) is 0.423. The molecular weight excluding hydrogens is 455 g/mol. The van der Waals surface area contributed by atoms with Crippen LogP contribution in [-0.4, -0.2) is 28.2 Å². The van der Waals surface area contributed by atoms with E-state index in [4.69, 9.17) is 16.3 Å². The molecule has 1 saturated heterocycles. The number of carbonyl (C=O) groups excluding carboxylic acids is 1. The Morgan fingerprint density at radius 2 is 2.06 bits per heavy atom. The second-order valence-electron chi connectivity index (χ2n) is 9.42. The zero-order valence-corrected chi connectivity index (χ0v) is 20.7. The fourth-order valence-corrected chi connectivity index (χ4v) is 4.69. The number of benzene rings is 2. The third-order valence-electron chi connectivity index (χ3n) is 6.30. The quantitative estimate of drug-likeness (QED) is 0.360. The maximum atomic E-state index is 14.5. The van der Waals surface area contributed by atoms with Crippen LogP contribution in [-0.2, 0) is 4.74 Å². The van der Waals surface area contributed by atoms with Gasteiger partial charge in [-0.3, -0.25) is 4.90 Å². The summed E-state index contributed by atoms with van der Waals surface area (Å²) in [6.45, 7) is 8.91. The molecular formula is C26H30ClFN4O2. The van der Waals surface area contributed by atoms with E-state index >= 15 is 0 Å². The lowest BCUT2D eigenvalue weighted by atomic mass is 9.89. The lowest BCUT2D eigenvalue weighted by molar-refractivity contribution is 0.0374. The maximum Gasteiger partial charge on any atom is 0.415 e. The fourth-order valence-electron chi connectivity index (χ4n) is 4.52. The molecule has 1 amide bonds. The number of carbonyl (C=O) groups is 1. The number of nitrogens with one attached hydrogen (secondary N) is 1. The number of ether oxygens (including phenoxy) is 1. The van der Waals surface area contributed by atoms with Crippen molar-refractivity contribution in [3.8, 4) is 0 Å². The van der Waals surface area contributed by atoms with Gasteiger partial charge in [0.15, 0.2) is 5.82 Å². The van der Waals surface area contributed by atoms with Crippen LogP contribution in [0.5, 0.6) is 0 Å². The molecule has 1 atom stereocenters. The summed E-state index contributed by atoms with van der Waals surface area (Å²) in [5.41, 5.74) is 2.05. The number of cyclic esters (lactones) is 1. The Morgan fingerprint density at radius 3 is 2.79 bits per heavy atom. The van der Waals surface area contributed by atoms with E-state index in [2.05, 4.69) is 36.1 Å². The van der Waals surface area contributed by atoms with E-state index in [1.807, 2.05) is 19.1 Å². The molecule has 0 bridgehead atoms. The number of amides is 1. The van der Waals surface area contributed by atoms with Gasteiger partial charge < -0.3 is 10.1 Å². The smallest absolute Gasteiger partial charge is 0.415 e. The van der Waals surface area contributed by atoms with Crippen LogP contribution in [0, 0.1) is 18.7 Å². The lowest BCUT2D eigenvalue weighted by Crippen LogP contribution is -2.35. The van der Waals surface area contributed by atoms with Gasteiger partial charge in [-0.05, 0) is 61.9 Å². The Kier molecular flexibility index (Phi) is 6.94. The van der Waals surface area contributed by atoms with E-state index in [1.54, 1.807) is 17.0 Å². The molecule has 1 aliphatic heterocycles. The van der Waals surface area contributed by atoms with Crippen LogP contribution in [0.2, 0.25) is 5.02 Å². The summed E-state index contributed by atoms with van der Waals surface area (Å²) >= 11 is 5.94. The van der Waals surface area contributed by atoms with Gasteiger partial charge in [-0.15, -0.1) is 0 Å². The van der Waals surface area contributed by atoms with Crippen LogP contribution >= 0.6 is 11.6 Å². The monoisotopic (exact) mass is 484 g/mol. The zero-order chi connectivity index (χ0) is 24.5. The standard InChI is InChI=1S/C26H30ClFN4O2/c1-5-10-26(11-9-16(2)3)14-32(25(33)34-26)22-13-18-21(12-17(22)4)29-15-30-24(18)31-20-8-6-7-19(27)23(20)28/h6-8,12-13,15-16H,5,9-11,14H2,1-4H3,(H,29,30,31). The normalized spacial score (nSPS) is 18.1. The van der Waals surface area contributed by atoms with E-state index in [1.165, 1.54) is 12.4 Å². The minimum absolute atomic E-state index is 0.0216. The van der Waals surface area contributed by atoms with E-state index in [-0.39, 0.29) is 16.8 Å². The highest BCUT2D eigenvalue weighted by atomic mass is 35.5. The number of anilines is 3. The zero-order valence-electron chi connectivity index (χ0n) is 20.0. The summed E-state index contributed by atoms with van der Waals surface area (Å²) in [5.74, 6) is 0.405. The second kappa shape index (κ2) is 9.74. The number of nitrogens with zero attached hydrogens (tertiary/aromatic N) is 3. The number of aryl methyl sites for hydroxylation is 1. The van der Waals surface area contributed by atoms with Gasteiger partial charge in [0.25, 0.3) is 0 Å². The molecule has 0 spiro atoms. The van der Waals surface area contributed by atoms with Crippen molar-refractivity contribution in [1.29, 1.82) is 0 Å². The molecule has 1 unspecified atom stereocenters. The van der Waals surface area contributed by atoms with E-state index in [9.17, 15) is 9.18 Å². The van der Waals surface area contributed by atoms with Crippen LogP contribution in [0.25, 0.3) is 10.9 Å². The molecule has 2 heterocycles. The molecule has 8 heteroatoms. The molecule has 0 aliphatic carbocycles. The lowest BCUT2D eigenvalue weighted by Gasteiger charge is -2.27. The summed E-state index contributed by atoms with van der Waals surface area (Å²) < 4.78 is 20.5. The van der Waals surface area contributed by atoms with Crippen molar-refractivity contribution < 1.29 is 13.9 Å². The molecule has 2 aromatic carbocycles. The number of halogens is 2. The van der Waals surface area contributed by atoms with Gasteiger partial charge in [0.05, 0.1) is 28.5 Å². The first kappa shape index (κ1) is 24.2. The van der Waals surface area contributed by atoms with Gasteiger partial charge in [0, 0.05) is 5.39 Å². The third-order valence-corrected chi connectivity index (χ3v) is 6.59. The maximum absolute atomic E-state index is 14.5. The number of fused-ring (bicyclic) bond motifs is 1. The molecule has 1 aromatic heterocycles. The van der Waals surface area contributed by atoms with Crippen molar-refractivity contribution in [2.24, 2.45) is 5.92 Å². The number of rotatable bonds is 8. The molecule has 1 fully saturated rings. The Hall–Kier alpha value is -2.93. The SMILES string of the molecule is CCCC1(CCC(C)C)CN(c2cc3c(Nc4cccc(Cl)c4F)ncnc3cc2C)C(=O)O1. The Labute approximate surface area is 204 Å². The first-order chi connectivity index (χ1) is 16.2. The molecule has 0 radical (unpaired) electrons. The number of hydrogen-bond donors (Lipinski definition) is 1. The topological polar surface area (TPSA) is 67.3 Å². The van der Waals surface area contributed by atoms with Crippen LogP contribution in [0.4, 0.5) is 26.4 Å². The van der Waals surface area contributed by atoms with Gasteiger partial charge in [0.2, 0.25) is 0 Å². The van der Waals surface area contributed by atoms with Gasteiger partial charge in [-0.1, -0.05) is 44.9 Å². The highest BCUT2D eigenvalue weighted by Crippen LogP contribution is 2.39.